The zero-order chi connectivity index (χ0) is 38.6. The second-order valence-corrected chi connectivity index (χ2v) is 21.7. The van der Waals surface area contributed by atoms with Gasteiger partial charge in [0.2, 0.25) is 0 Å². The Kier molecular flexibility index (Phi) is 13.3. The molecule has 4 aliphatic rings. The van der Waals surface area contributed by atoms with Gasteiger partial charge in [-0.1, -0.05) is 175 Å². The third-order valence-electron chi connectivity index (χ3n) is 13.6. The summed E-state index contributed by atoms with van der Waals surface area (Å²) in [5, 5.41) is 0. The van der Waals surface area contributed by atoms with Gasteiger partial charge in [-0.3, -0.25) is 0 Å². The van der Waals surface area contributed by atoms with Gasteiger partial charge in [-0.15, -0.1) is 0 Å². The standard InChI is InChI=1S/C52H73N2P/c1-36(2)44-28-19-29-45(37(3)4)50(44)53-33-34-54(51-46(38(5)6)30-20-31-47(51)39(7)8)52(53)49-41(35-40-21-12-9-13-22-40)23-18-32-48(49)55(42-24-14-10-15-25-42)43-26-16-11-17-27-43/h9,12-13,19-22,28-31,35-39,42-43,48H,10-11,14-18,23-27,32-34H2,1-8H3. The highest BCUT2D eigenvalue weighted by Gasteiger charge is 2.45. The normalized spacial score (nSPS) is 21.5. The van der Waals surface area contributed by atoms with Crippen molar-refractivity contribution >= 4 is 25.4 Å². The number of rotatable bonds is 10. The van der Waals surface area contributed by atoms with Crippen molar-refractivity contribution in [2.75, 3.05) is 22.9 Å². The monoisotopic (exact) mass is 757 g/mol. The highest BCUT2D eigenvalue weighted by molar-refractivity contribution is 7.60. The van der Waals surface area contributed by atoms with Gasteiger partial charge in [0.15, 0.2) is 0 Å². The van der Waals surface area contributed by atoms with Crippen molar-refractivity contribution in [3.63, 3.8) is 0 Å². The minimum Gasteiger partial charge on any atom is -0.325 e. The molecule has 1 saturated heterocycles. The predicted molar refractivity (Wildman–Crippen MR) is 244 cm³/mol. The van der Waals surface area contributed by atoms with E-state index in [0.29, 0.717) is 29.3 Å². The Morgan fingerprint density at radius 2 is 0.945 bits per heavy atom. The third kappa shape index (κ3) is 8.57. The van der Waals surface area contributed by atoms with Crippen LogP contribution in [-0.4, -0.2) is 30.1 Å². The topological polar surface area (TPSA) is 6.48 Å². The molecule has 55 heavy (non-hydrogen) atoms. The highest BCUT2D eigenvalue weighted by Crippen LogP contribution is 2.64. The predicted octanol–water partition coefficient (Wildman–Crippen LogP) is 15.5. The van der Waals surface area contributed by atoms with Gasteiger partial charge < -0.3 is 9.80 Å². The first kappa shape index (κ1) is 40.4. The summed E-state index contributed by atoms with van der Waals surface area (Å²) in [6.07, 6.45) is 21.0. The van der Waals surface area contributed by atoms with Gasteiger partial charge in [0, 0.05) is 35.7 Å². The van der Waals surface area contributed by atoms with Crippen molar-refractivity contribution in [2.45, 2.75) is 180 Å². The number of nitrogens with zero attached hydrogens (tertiary/aromatic N) is 2. The summed E-state index contributed by atoms with van der Waals surface area (Å²) < 4.78 is 0. The van der Waals surface area contributed by atoms with Gasteiger partial charge in [-0.05, 0) is 113 Å². The van der Waals surface area contributed by atoms with Crippen molar-refractivity contribution in [3.8, 4) is 0 Å². The molecule has 0 radical (unpaired) electrons. The molecule has 0 amide bonds. The molecule has 0 aromatic heterocycles. The maximum Gasteiger partial charge on any atom is 0.117 e. The summed E-state index contributed by atoms with van der Waals surface area (Å²) in [6, 6.07) is 25.9. The average molecular weight is 757 g/mol. The van der Waals surface area contributed by atoms with E-state index in [1.165, 1.54) is 123 Å². The van der Waals surface area contributed by atoms with Gasteiger partial charge in [0.25, 0.3) is 0 Å². The summed E-state index contributed by atoms with van der Waals surface area (Å²) in [4.78, 5) is 5.82. The largest absolute Gasteiger partial charge is 0.325 e. The fourth-order valence-corrected chi connectivity index (χ4v) is 15.6. The fraction of sp³-hybridized carbons (Fsp3) is 0.577. The minimum absolute atomic E-state index is 0.180. The maximum atomic E-state index is 2.91. The summed E-state index contributed by atoms with van der Waals surface area (Å²) in [6.45, 7) is 21.4. The van der Waals surface area contributed by atoms with Crippen LogP contribution in [0.5, 0.6) is 0 Å². The van der Waals surface area contributed by atoms with Crippen LogP contribution in [0.15, 0.2) is 83.7 Å². The first-order chi connectivity index (χ1) is 26.7. The van der Waals surface area contributed by atoms with E-state index in [9.17, 15) is 0 Å². The van der Waals surface area contributed by atoms with Crippen molar-refractivity contribution in [1.82, 2.24) is 0 Å². The molecule has 3 saturated carbocycles. The summed E-state index contributed by atoms with van der Waals surface area (Å²) in [5.41, 5.74) is 16.3. The Bertz CT molecular complexity index is 1640. The van der Waals surface area contributed by atoms with Crippen LogP contribution in [0.3, 0.4) is 0 Å². The lowest BCUT2D eigenvalue weighted by Gasteiger charge is -2.47. The number of allylic oxidation sites excluding steroid dienone is 2. The van der Waals surface area contributed by atoms with Crippen LogP contribution in [0.25, 0.3) is 6.08 Å². The Morgan fingerprint density at radius 3 is 1.36 bits per heavy atom. The Morgan fingerprint density at radius 1 is 0.509 bits per heavy atom. The third-order valence-corrected chi connectivity index (χ3v) is 17.6. The van der Waals surface area contributed by atoms with E-state index in [-0.39, 0.29) is 7.92 Å². The Balaban J connectivity index is 1.58. The molecule has 4 fully saturated rings. The molecule has 3 aromatic rings. The molecule has 0 spiro atoms. The number of anilines is 2. The van der Waals surface area contributed by atoms with Crippen LogP contribution < -0.4 is 9.80 Å². The molecular weight excluding hydrogens is 684 g/mol. The minimum atomic E-state index is -0.180. The molecular formula is C52H73N2P. The van der Waals surface area contributed by atoms with E-state index < -0.39 is 0 Å². The van der Waals surface area contributed by atoms with E-state index in [0.717, 1.165) is 24.4 Å². The quantitative estimate of drug-likeness (QED) is 0.190. The van der Waals surface area contributed by atoms with E-state index in [4.69, 9.17) is 0 Å². The van der Waals surface area contributed by atoms with Gasteiger partial charge in [0.05, 0.1) is 0 Å². The van der Waals surface area contributed by atoms with E-state index in [2.05, 4.69) is 138 Å². The summed E-state index contributed by atoms with van der Waals surface area (Å²) in [5.74, 6) is 3.35. The van der Waals surface area contributed by atoms with E-state index >= 15 is 0 Å². The van der Waals surface area contributed by atoms with Gasteiger partial charge in [0.1, 0.15) is 5.82 Å². The van der Waals surface area contributed by atoms with Crippen molar-refractivity contribution in [3.05, 3.63) is 112 Å². The molecule has 296 valence electrons. The number of benzene rings is 3. The molecule has 1 aliphatic heterocycles. The summed E-state index contributed by atoms with van der Waals surface area (Å²) >= 11 is 0. The first-order valence-electron chi connectivity index (χ1n) is 22.7. The molecule has 7 rings (SSSR count). The van der Waals surface area contributed by atoms with E-state index in [1.807, 2.05) is 0 Å². The van der Waals surface area contributed by atoms with Crippen LogP contribution in [-0.2, 0) is 0 Å². The molecule has 3 aromatic carbocycles. The zero-order valence-electron chi connectivity index (χ0n) is 35.9. The molecule has 0 N–H and O–H groups in total. The van der Waals surface area contributed by atoms with Crippen LogP contribution >= 0.6 is 7.92 Å². The molecule has 1 unspecified atom stereocenters. The molecule has 1 heterocycles. The highest BCUT2D eigenvalue weighted by atomic mass is 31.1. The first-order valence-corrected chi connectivity index (χ1v) is 24.3. The van der Waals surface area contributed by atoms with Crippen molar-refractivity contribution < 1.29 is 0 Å². The van der Waals surface area contributed by atoms with Gasteiger partial charge in [-0.25, -0.2) is 0 Å². The smallest absolute Gasteiger partial charge is 0.117 e. The second-order valence-electron chi connectivity index (χ2n) is 18.7. The SMILES string of the molecule is CC(C)c1cccc(C(C)C)c1N1CCN(c2c(C(C)C)cccc2C(C)C)C1=C1C(=Cc2ccccc2)CCCC1P(C1CCCCC1)C1CCCCC1. The van der Waals surface area contributed by atoms with Gasteiger partial charge >= 0.3 is 0 Å². The second kappa shape index (κ2) is 18.2. The Labute approximate surface area is 338 Å². The fourth-order valence-electron chi connectivity index (χ4n) is 11.0. The number of para-hydroxylation sites is 2. The van der Waals surface area contributed by atoms with E-state index in [1.54, 1.807) is 17.0 Å². The van der Waals surface area contributed by atoms with Crippen LogP contribution in [0.1, 0.15) is 190 Å². The Hall–Kier alpha value is -2.83. The van der Waals surface area contributed by atoms with Crippen molar-refractivity contribution in [1.29, 1.82) is 0 Å². The van der Waals surface area contributed by atoms with Gasteiger partial charge in [-0.2, -0.15) is 0 Å². The molecule has 2 nitrogen and oxygen atoms in total. The molecule has 3 heteroatoms. The van der Waals surface area contributed by atoms with Crippen LogP contribution in [0.4, 0.5) is 11.4 Å². The maximum absolute atomic E-state index is 2.91. The molecule has 1 atom stereocenters. The van der Waals surface area contributed by atoms with Crippen LogP contribution in [0.2, 0.25) is 0 Å². The number of hydrogen-bond acceptors (Lipinski definition) is 2. The molecule has 0 bridgehead atoms. The van der Waals surface area contributed by atoms with Crippen LogP contribution in [0, 0.1) is 0 Å². The van der Waals surface area contributed by atoms with Crippen molar-refractivity contribution in [2.24, 2.45) is 0 Å². The number of hydrogen-bond donors (Lipinski definition) is 0. The zero-order valence-corrected chi connectivity index (χ0v) is 36.8. The molecule has 3 aliphatic carbocycles. The lowest BCUT2D eigenvalue weighted by atomic mass is 9.86. The summed E-state index contributed by atoms with van der Waals surface area (Å²) in [7, 11) is -0.180. The lowest BCUT2D eigenvalue weighted by Crippen LogP contribution is -2.35. The average Bonchev–Trinajstić information content (AvgIpc) is 3.62. The lowest BCUT2D eigenvalue weighted by molar-refractivity contribution is 0.479.